The summed E-state index contributed by atoms with van der Waals surface area (Å²) in [6, 6.07) is 0. The van der Waals surface area contributed by atoms with E-state index in [2.05, 4.69) is 38.2 Å². The highest BCUT2D eigenvalue weighted by atomic mass is 14.5. The molecule has 4 unspecified atom stereocenters. The topological polar surface area (TPSA) is 52.0 Å². The summed E-state index contributed by atoms with van der Waals surface area (Å²) in [5.41, 5.74) is 11.4. The first kappa shape index (κ1) is 33.4. The molecule has 1 rings (SSSR count). The SMILES string of the molecule is CCCCC/C=C/CC1C(CCCCCC)C=CC(CCCCCCCN)C1CCCCCCCN. The van der Waals surface area contributed by atoms with Crippen LogP contribution >= 0.6 is 0 Å². The number of hydrogen-bond acceptors (Lipinski definition) is 2. The first-order valence-corrected chi connectivity index (χ1v) is 16.5. The lowest BCUT2D eigenvalue weighted by molar-refractivity contribution is 0.159. The molecule has 4 atom stereocenters. The van der Waals surface area contributed by atoms with Gasteiger partial charge in [-0.15, -0.1) is 0 Å². The van der Waals surface area contributed by atoms with Gasteiger partial charge in [0.15, 0.2) is 0 Å². The van der Waals surface area contributed by atoms with Crippen molar-refractivity contribution in [2.24, 2.45) is 35.1 Å². The first-order valence-electron chi connectivity index (χ1n) is 16.5. The maximum atomic E-state index is 5.72. The minimum Gasteiger partial charge on any atom is -0.330 e. The van der Waals surface area contributed by atoms with Crippen molar-refractivity contribution < 1.29 is 0 Å². The molecule has 0 amide bonds. The van der Waals surface area contributed by atoms with Crippen LogP contribution in [0.25, 0.3) is 0 Å². The summed E-state index contributed by atoms with van der Waals surface area (Å²) in [5, 5.41) is 0. The smallest absolute Gasteiger partial charge is 0.00773 e. The third-order valence-corrected chi connectivity index (χ3v) is 8.68. The van der Waals surface area contributed by atoms with Crippen molar-refractivity contribution in [1.82, 2.24) is 0 Å². The van der Waals surface area contributed by atoms with Crippen molar-refractivity contribution >= 4 is 0 Å². The maximum absolute atomic E-state index is 5.72. The Labute approximate surface area is 227 Å². The second kappa shape index (κ2) is 24.7. The second-order valence-electron chi connectivity index (χ2n) is 11.8. The Balaban J connectivity index is 2.80. The summed E-state index contributed by atoms with van der Waals surface area (Å²) >= 11 is 0. The molecule has 0 aromatic rings. The van der Waals surface area contributed by atoms with E-state index in [0.717, 1.165) is 36.8 Å². The summed E-state index contributed by atoms with van der Waals surface area (Å²) in [6.45, 7) is 6.34. The van der Waals surface area contributed by atoms with Crippen LogP contribution in [0, 0.1) is 23.7 Å². The molecule has 1 aliphatic carbocycles. The van der Waals surface area contributed by atoms with Crippen LogP contribution in [-0.2, 0) is 0 Å². The van der Waals surface area contributed by atoms with Gasteiger partial charge in [-0.1, -0.05) is 128 Å². The molecule has 36 heavy (non-hydrogen) atoms. The third kappa shape index (κ3) is 16.3. The Morgan fingerprint density at radius 1 is 0.500 bits per heavy atom. The predicted octanol–water partition coefficient (Wildman–Crippen LogP) is 10.1. The predicted molar refractivity (Wildman–Crippen MR) is 163 cm³/mol. The lowest BCUT2D eigenvalue weighted by Crippen LogP contribution is -2.31. The summed E-state index contributed by atoms with van der Waals surface area (Å²) < 4.78 is 0. The van der Waals surface area contributed by atoms with Crippen LogP contribution in [0.4, 0.5) is 0 Å². The van der Waals surface area contributed by atoms with Gasteiger partial charge in [0.2, 0.25) is 0 Å². The van der Waals surface area contributed by atoms with Crippen LogP contribution in [0.3, 0.4) is 0 Å². The van der Waals surface area contributed by atoms with E-state index < -0.39 is 0 Å². The molecule has 2 heteroatoms. The fraction of sp³-hybridized carbons (Fsp3) is 0.882. The van der Waals surface area contributed by atoms with Gasteiger partial charge in [0, 0.05) is 0 Å². The van der Waals surface area contributed by atoms with E-state index in [-0.39, 0.29) is 0 Å². The molecule has 4 N–H and O–H groups in total. The Hall–Kier alpha value is -0.600. The highest BCUT2D eigenvalue weighted by Crippen LogP contribution is 2.44. The molecular formula is C34H66N2. The van der Waals surface area contributed by atoms with Crippen molar-refractivity contribution in [1.29, 1.82) is 0 Å². The zero-order chi connectivity index (χ0) is 26.1. The largest absolute Gasteiger partial charge is 0.330 e. The van der Waals surface area contributed by atoms with Gasteiger partial charge in [-0.05, 0) is 88.1 Å². The molecule has 1 aliphatic rings. The quantitative estimate of drug-likeness (QED) is 0.0963. The number of hydrogen-bond donors (Lipinski definition) is 2. The molecule has 0 fully saturated rings. The molecule has 0 heterocycles. The van der Waals surface area contributed by atoms with Gasteiger partial charge in [0.05, 0.1) is 0 Å². The molecule has 0 radical (unpaired) electrons. The van der Waals surface area contributed by atoms with Crippen molar-refractivity contribution in [2.75, 3.05) is 13.1 Å². The molecule has 0 aromatic carbocycles. The number of allylic oxidation sites excluding steroid dienone is 4. The van der Waals surface area contributed by atoms with Crippen LogP contribution in [-0.4, -0.2) is 13.1 Å². The lowest BCUT2D eigenvalue weighted by atomic mass is 9.65. The highest BCUT2D eigenvalue weighted by Gasteiger charge is 2.34. The fourth-order valence-corrected chi connectivity index (χ4v) is 6.40. The van der Waals surface area contributed by atoms with Crippen molar-refractivity contribution in [3.05, 3.63) is 24.3 Å². The third-order valence-electron chi connectivity index (χ3n) is 8.68. The normalized spacial score (nSPS) is 22.1. The van der Waals surface area contributed by atoms with E-state index in [0.29, 0.717) is 0 Å². The van der Waals surface area contributed by atoms with Crippen molar-refractivity contribution in [3.63, 3.8) is 0 Å². The Kier molecular flexibility index (Phi) is 23.0. The minimum atomic E-state index is 0.796. The maximum Gasteiger partial charge on any atom is -0.00773 e. The average Bonchev–Trinajstić information content (AvgIpc) is 2.89. The van der Waals surface area contributed by atoms with Crippen LogP contribution < -0.4 is 11.5 Å². The van der Waals surface area contributed by atoms with Gasteiger partial charge < -0.3 is 11.5 Å². The zero-order valence-corrected chi connectivity index (χ0v) is 24.7. The summed E-state index contributed by atoms with van der Waals surface area (Å²) in [4.78, 5) is 0. The van der Waals surface area contributed by atoms with Crippen LogP contribution in [0.5, 0.6) is 0 Å². The highest BCUT2D eigenvalue weighted by molar-refractivity contribution is 5.06. The lowest BCUT2D eigenvalue weighted by Gasteiger charge is -2.40. The number of nitrogens with two attached hydrogens (primary N) is 2. The van der Waals surface area contributed by atoms with Gasteiger partial charge in [-0.2, -0.15) is 0 Å². The second-order valence-corrected chi connectivity index (χ2v) is 11.8. The number of rotatable bonds is 25. The minimum absolute atomic E-state index is 0.796. The van der Waals surface area contributed by atoms with Gasteiger partial charge in [0.1, 0.15) is 0 Å². The van der Waals surface area contributed by atoms with E-state index in [4.69, 9.17) is 11.5 Å². The van der Waals surface area contributed by atoms with Gasteiger partial charge >= 0.3 is 0 Å². The van der Waals surface area contributed by atoms with E-state index in [1.54, 1.807) is 0 Å². The molecule has 212 valence electrons. The van der Waals surface area contributed by atoms with Crippen LogP contribution in [0.1, 0.15) is 155 Å². The van der Waals surface area contributed by atoms with Crippen LogP contribution in [0.15, 0.2) is 24.3 Å². The standard InChI is InChI=1S/C34H66N2/c1-3-5-7-9-13-19-25-33-31(23-17-8-6-4-2)27-28-32(24-18-12-10-15-21-29-35)34(33)26-20-14-11-16-22-30-36/h13,19,27-28,31-34H,3-12,14-18,20-26,29-30,35-36H2,1-2H3/b19-13+. The Bertz CT molecular complexity index is 511. The van der Waals surface area contributed by atoms with Crippen molar-refractivity contribution in [3.8, 4) is 0 Å². The van der Waals surface area contributed by atoms with Gasteiger partial charge in [0.25, 0.3) is 0 Å². The van der Waals surface area contributed by atoms with Crippen molar-refractivity contribution in [2.45, 2.75) is 155 Å². The molecule has 0 saturated carbocycles. The van der Waals surface area contributed by atoms with Crippen LogP contribution in [0.2, 0.25) is 0 Å². The zero-order valence-electron chi connectivity index (χ0n) is 24.7. The molecule has 0 bridgehead atoms. The molecule has 0 aromatic heterocycles. The van der Waals surface area contributed by atoms with Gasteiger partial charge in [-0.3, -0.25) is 0 Å². The number of unbranched alkanes of at least 4 members (excludes halogenated alkanes) is 14. The average molecular weight is 503 g/mol. The van der Waals surface area contributed by atoms with E-state index in [9.17, 15) is 0 Å². The summed E-state index contributed by atoms with van der Waals surface area (Å²) in [6.07, 6.45) is 40.2. The van der Waals surface area contributed by atoms with Gasteiger partial charge in [-0.25, -0.2) is 0 Å². The molecular weight excluding hydrogens is 436 g/mol. The monoisotopic (exact) mass is 503 g/mol. The van der Waals surface area contributed by atoms with E-state index in [1.165, 1.54) is 141 Å². The molecule has 0 spiro atoms. The molecule has 0 aliphatic heterocycles. The molecule has 0 saturated heterocycles. The Morgan fingerprint density at radius 2 is 0.972 bits per heavy atom. The summed E-state index contributed by atoms with van der Waals surface area (Å²) in [7, 11) is 0. The summed E-state index contributed by atoms with van der Waals surface area (Å²) in [5.74, 6) is 3.33. The van der Waals surface area contributed by atoms with E-state index >= 15 is 0 Å². The van der Waals surface area contributed by atoms with E-state index in [1.807, 2.05) is 0 Å². The Morgan fingerprint density at radius 3 is 1.56 bits per heavy atom. The molecule has 2 nitrogen and oxygen atoms in total. The fourth-order valence-electron chi connectivity index (χ4n) is 6.40. The first-order chi connectivity index (χ1) is 17.8.